The molecule has 0 aromatic rings. The summed E-state index contributed by atoms with van der Waals surface area (Å²) in [6.45, 7) is 2.68. The highest BCUT2D eigenvalue weighted by atomic mass is 16.6. The molecule has 5 heteroatoms. The lowest BCUT2D eigenvalue weighted by molar-refractivity contribution is -0.151. The second kappa shape index (κ2) is 4.38. The van der Waals surface area contributed by atoms with Gasteiger partial charge in [-0.15, -0.1) is 0 Å². The topological polar surface area (TPSA) is 67.8 Å². The van der Waals surface area contributed by atoms with Gasteiger partial charge in [0.2, 0.25) is 5.76 Å². The van der Waals surface area contributed by atoms with Gasteiger partial charge in [-0.1, -0.05) is 0 Å². The fourth-order valence-corrected chi connectivity index (χ4v) is 5.39. The maximum atomic E-state index is 12.5. The lowest BCUT2D eigenvalue weighted by Crippen LogP contribution is -2.65. The number of allylic oxidation sites excluding steroid dienone is 1. The average molecular weight is 293 g/mol. The molecular formula is C16H23NO4. The normalized spacial score (nSPS) is 44.3. The predicted octanol–water partition coefficient (Wildman–Crippen LogP) is 1.46. The van der Waals surface area contributed by atoms with E-state index in [1.165, 1.54) is 6.42 Å². The minimum Gasteiger partial charge on any atom is -0.491 e. The summed E-state index contributed by atoms with van der Waals surface area (Å²) in [6.07, 6.45) is 5.69. The van der Waals surface area contributed by atoms with Crippen LogP contribution < -0.4 is 5.32 Å². The zero-order valence-electron chi connectivity index (χ0n) is 12.5. The molecule has 1 aliphatic heterocycles. The Bertz CT molecular complexity index is 498. The maximum absolute atomic E-state index is 12.5. The Hall–Kier alpha value is -1.23. The van der Waals surface area contributed by atoms with Crippen LogP contribution in [0.5, 0.6) is 0 Å². The Morgan fingerprint density at radius 3 is 2.48 bits per heavy atom. The van der Waals surface area contributed by atoms with Crippen molar-refractivity contribution in [1.29, 1.82) is 0 Å². The Labute approximate surface area is 124 Å². The van der Waals surface area contributed by atoms with Crippen LogP contribution in [0.15, 0.2) is 11.5 Å². The first-order chi connectivity index (χ1) is 9.97. The molecule has 4 fully saturated rings. The van der Waals surface area contributed by atoms with Crippen LogP contribution in [0, 0.1) is 11.8 Å². The fourth-order valence-electron chi connectivity index (χ4n) is 5.39. The Balaban J connectivity index is 1.55. The number of amides is 1. The highest BCUT2D eigenvalue weighted by Gasteiger charge is 2.57. The molecule has 5 rings (SSSR count). The van der Waals surface area contributed by atoms with Gasteiger partial charge < -0.3 is 19.9 Å². The number of nitrogens with one attached hydrogen (secondary N) is 1. The molecule has 4 aliphatic carbocycles. The van der Waals surface area contributed by atoms with Crippen molar-refractivity contribution in [2.45, 2.75) is 56.6 Å². The third-order valence-electron chi connectivity index (χ3n) is 5.58. The van der Waals surface area contributed by atoms with E-state index >= 15 is 0 Å². The molecule has 0 spiro atoms. The van der Waals surface area contributed by atoms with Crippen LogP contribution in [0.4, 0.5) is 0 Å². The van der Waals surface area contributed by atoms with E-state index in [0.29, 0.717) is 43.0 Å². The van der Waals surface area contributed by atoms with Crippen molar-refractivity contribution in [3.05, 3.63) is 11.5 Å². The Morgan fingerprint density at radius 1 is 1.19 bits per heavy atom. The van der Waals surface area contributed by atoms with E-state index in [1.54, 1.807) is 6.92 Å². The molecule has 116 valence electrons. The van der Waals surface area contributed by atoms with E-state index in [2.05, 4.69) is 5.32 Å². The van der Waals surface area contributed by atoms with Gasteiger partial charge in [-0.25, -0.2) is 0 Å². The average Bonchev–Trinajstić information content (AvgIpc) is 2.35. The molecule has 2 atom stereocenters. The zero-order chi connectivity index (χ0) is 14.7. The zero-order valence-corrected chi connectivity index (χ0v) is 12.5. The quantitative estimate of drug-likeness (QED) is 0.809. The van der Waals surface area contributed by atoms with Crippen molar-refractivity contribution < 1.29 is 19.4 Å². The lowest BCUT2D eigenvalue weighted by Gasteiger charge is -2.60. The van der Waals surface area contributed by atoms with Gasteiger partial charge in [0.1, 0.15) is 19.0 Å². The first kappa shape index (κ1) is 13.4. The van der Waals surface area contributed by atoms with E-state index in [0.717, 1.165) is 25.7 Å². The van der Waals surface area contributed by atoms with Crippen LogP contribution in [-0.2, 0) is 14.3 Å². The molecule has 0 aromatic carbocycles. The molecule has 4 bridgehead atoms. The number of carbonyl (C=O) groups is 1. The van der Waals surface area contributed by atoms with Gasteiger partial charge in [-0.3, -0.25) is 4.79 Å². The molecule has 0 saturated heterocycles. The summed E-state index contributed by atoms with van der Waals surface area (Å²) in [5.41, 5.74) is -0.811. The molecule has 0 radical (unpaired) electrons. The summed E-state index contributed by atoms with van der Waals surface area (Å²) < 4.78 is 10.9. The largest absolute Gasteiger partial charge is 0.491 e. The van der Waals surface area contributed by atoms with Crippen LogP contribution in [0.3, 0.4) is 0 Å². The van der Waals surface area contributed by atoms with Crippen LogP contribution in [0.25, 0.3) is 0 Å². The van der Waals surface area contributed by atoms with Crippen LogP contribution in [0.1, 0.15) is 45.4 Å². The van der Waals surface area contributed by atoms with Crippen molar-refractivity contribution >= 4 is 5.91 Å². The van der Waals surface area contributed by atoms with Gasteiger partial charge >= 0.3 is 0 Å². The van der Waals surface area contributed by atoms with Crippen LogP contribution in [0.2, 0.25) is 0 Å². The molecule has 5 aliphatic rings. The van der Waals surface area contributed by atoms with E-state index < -0.39 is 5.60 Å². The molecule has 21 heavy (non-hydrogen) atoms. The highest BCUT2D eigenvalue weighted by Crippen LogP contribution is 2.57. The second-order valence-corrected chi connectivity index (χ2v) is 7.50. The minimum absolute atomic E-state index is 0.183. The second-order valence-electron chi connectivity index (χ2n) is 7.50. The standard InChI is InChI=1S/C16H23NO4/c1-10-13(21-3-2-20-10)14(18)17-15-5-11-4-12(6-15)8-16(19,7-11)9-15/h11-12,19H,2-9H2,1H3,(H,17,18). The third-order valence-corrected chi connectivity index (χ3v) is 5.58. The van der Waals surface area contributed by atoms with Crippen molar-refractivity contribution in [3.63, 3.8) is 0 Å². The number of hydrogen-bond acceptors (Lipinski definition) is 4. The number of carbonyl (C=O) groups excluding carboxylic acids is 1. The molecule has 4 saturated carbocycles. The number of ether oxygens (including phenoxy) is 2. The summed E-state index contributed by atoms with van der Waals surface area (Å²) in [5, 5.41) is 13.9. The smallest absolute Gasteiger partial charge is 0.290 e. The summed E-state index contributed by atoms with van der Waals surface area (Å²) in [6, 6.07) is 0. The van der Waals surface area contributed by atoms with Gasteiger partial charge in [-0.05, 0) is 57.3 Å². The molecule has 2 unspecified atom stereocenters. The molecular weight excluding hydrogens is 270 g/mol. The van der Waals surface area contributed by atoms with Crippen LogP contribution in [-0.4, -0.2) is 35.4 Å². The number of rotatable bonds is 2. The van der Waals surface area contributed by atoms with Gasteiger partial charge in [-0.2, -0.15) is 0 Å². The fraction of sp³-hybridized carbons (Fsp3) is 0.812. The summed E-state index contributed by atoms with van der Waals surface area (Å²) in [7, 11) is 0. The number of aliphatic hydroxyl groups is 1. The third kappa shape index (κ3) is 2.22. The van der Waals surface area contributed by atoms with Gasteiger partial charge in [0.15, 0.2) is 0 Å². The summed E-state index contributed by atoms with van der Waals surface area (Å²) in [5.74, 6) is 1.79. The Kier molecular flexibility index (Phi) is 2.80. The lowest BCUT2D eigenvalue weighted by atomic mass is 9.51. The van der Waals surface area contributed by atoms with Gasteiger partial charge in [0, 0.05) is 5.54 Å². The predicted molar refractivity (Wildman–Crippen MR) is 75.1 cm³/mol. The van der Waals surface area contributed by atoms with E-state index in [4.69, 9.17) is 9.47 Å². The summed E-state index contributed by atoms with van der Waals surface area (Å²) in [4.78, 5) is 12.5. The van der Waals surface area contributed by atoms with Crippen LogP contribution >= 0.6 is 0 Å². The first-order valence-corrected chi connectivity index (χ1v) is 7.98. The van der Waals surface area contributed by atoms with E-state index in [-0.39, 0.29) is 11.4 Å². The van der Waals surface area contributed by atoms with E-state index in [9.17, 15) is 9.90 Å². The van der Waals surface area contributed by atoms with Crippen molar-refractivity contribution in [1.82, 2.24) is 5.32 Å². The molecule has 0 aromatic heterocycles. The monoisotopic (exact) mass is 293 g/mol. The maximum Gasteiger partial charge on any atom is 0.290 e. The van der Waals surface area contributed by atoms with Crippen molar-refractivity contribution in [3.8, 4) is 0 Å². The summed E-state index contributed by atoms with van der Waals surface area (Å²) >= 11 is 0. The van der Waals surface area contributed by atoms with Gasteiger partial charge in [0.05, 0.1) is 5.60 Å². The minimum atomic E-state index is -0.565. The van der Waals surface area contributed by atoms with Crippen molar-refractivity contribution in [2.24, 2.45) is 11.8 Å². The molecule has 5 nitrogen and oxygen atoms in total. The number of hydrogen-bond donors (Lipinski definition) is 2. The SMILES string of the molecule is CC1=C(C(=O)NC23CC4CC(CC(O)(C4)C2)C3)OCCO1. The molecule has 1 amide bonds. The molecule has 2 N–H and O–H groups in total. The molecule has 1 heterocycles. The van der Waals surface area contributed by atoms with Gasteiger partial charge in [0.25, 0.3) is 5.91 Å². The van der Waals surface area contributed by atoms with Crippen molar-refractivity contribution in [2.75, 3.05) is 13.2 Å². The Morgan fingerprint density at radius 2 is 1.86 bits per heavy atom. The van der Waals surface area contributed by atoms with E-state index in [1.807, 2.05) is 0 Å². The highest BCUT2D eigenvalue weighted by molar-refractivity contribution is 5.92. The first-order valence-electron chi connectivity index (χ1n) is 7.98.